The number of nitrogens with zero attached hydrogens (tertiary/aromatic N) is 2. The highest BCUT2D eigenvalue weighted by Gasteiger charge is 2.40. The summed E-state index contributed by atoms with van der Waals surface area (Å²) in [4.78, 5) is 13.3. The molecule has 0 fully saturated rings. The zero-order chi connectivity index (χ0) is 16.5. The fourth-order valence-electron chi connectivity index (χ4n) is 2.39. The number of carbonyl (C=O) groups is 1. The molecule has 1 amide bonds. The molecule has 0 spiro atoms. The first-order valence-corrected chi connectivity index (χ1v) is 6.65. The third-order valence-electron chi connectivity index (χ3n) is 3.38. The van der Waals surface area contributed by atoms with Crippen molar-refractivity contribution >= 4 is 11.6 Å². The van der Waals surface area contributed by atoms with Gasteiger partial charge in [0.15, 0.2) is 0 Å². The number of benzene rings is 1. The van der Waals surface area contributed by atoms with E-state index in [1.807, 2.05) is 6.92 Å². The summed E-state index contributed by atoms with van der Waals surface area (Å²) < 4.78 is 39.5. The number of hydrogen-bond donors (Lipinski definition) is 0. The van der Waals surface area contributed by atoms with Crippen molar-refractivity contribution in [1.82, 2.24) is 0 Å². The lowest BCUT2D eigenvalue weighted by molar-refractivity contribution is -0.137. The molecule has 6 heteroatoms. The van der Waals surface area contributed by atoms with Crippen LogP contribution in [0.15, 0.2) is 47.2 Å². The third kappa shape index (κ3) is 2.50. The van der Waals surface area contributed by atoms with Gasteiger partial charge in [-0.3, -0.25) is 9.69 Å². The zero-order valence-electron chi connectivity index (χ0n) is 12.0. The monoisotopic (exact) mass is 306 g/mol. The van der Waals surface area contributed by atoms with Crippen molar-refractivity contribution in [3.05, 3.63) is 52.7 Å². The molecule has 22 heavy (non-hydrogen) atoms. The number of hydrogen-bond acceptors (Lipinski definition) is 2. The molecule has 0 aliphatic carbocycles. The second-order valence-corrected chi connectivity index (χ2v) is 4.76. The summed E-state index contributed by atoms with van der Waals surface area (Å²) in [6.07, 6.45) is -2.41. The van der Waals surface area contributed by atoms with Crippen LogP contribution < -0.4 is 4.90 Å². The van der Waals surface area contributed by atoms with Crippen molar-refractivity contribution in [3.8, 4) is 6.07 Å². The molecule has 3 nitrogen and oxygen atoms in total. The number of carbonyl (C=O) groups excluding carboxylic acids is 1. The molecule has 0 radical (unpaired) electrons. The fourth-order valence-corrected chi connectivity index (χ4v) is 2.39. The van der Waals surface area contributed by atoms with Gasteiger partial charge in [0, 0.05) is 5.70 Å². The number of amides is 1. The summed E-state index contributed by atoms with van der Waals surface area (Å²) in [6, 6.07) is 6.63. The maximum atomic E-state index is 13.2. The van der Waals surface area contributed by atoms with Crippen molar-refractivity contribution in [3.63, 3.8) is 0 Å². The molecule has 2 rings (SSSR count). The molecular formula is C16H13F3N2O. The average molecular weight is 306 g/mol. The molecule has 1 aromatic rings. The Morgan fingerprint density at radius 1 is 1.32 bits per heavy atom. The lowest BCUT2D eigenvalue weighted by Gasteiger charge is -2.23. The summed E-state index contributed by atoms with van der Waals surface area (Å²) in [5.74, 6) is -0.726. The summed E-state index contributed by atoms with van der Waals surface area (Å²) in [7, 11) is 0. The number of halogens is 3. The van der Waals surface area contributed by atoms with Crippen molar-refractivity contribution in [1.29, 1.82) is 5.26 Å². The third-order valence-corrected chi connectivity index (χ3v) is 3.38. The highest BCUT2D eigenvalue weighted by molar-refractivity contribution is 6.15. The first-order chi connectivity index (χ1) is 10.3. The molecule has 0 atom stereocenters. The zero-order valence-corrected chi connectivity index (χ0v) is 12.0. The van der Waals surface area contributed by atoms with E-state index in [1.165, 1.54) is 18.2 Å². The highest BCUT2D eigenvalue weighted by atomic mass is 19.4. The van der Waals surface area contributed by atoms with Crippen LogP contribution in [0.1, 0.15) is 25.8 Å². The quantitative estimate of drug-likeness (QED) is 0.822. The first-order valence-electron chi connectivity index (χ1n) is 6.65. The first kappa shape index (κ1) is 15.8. The van der Waals surface area contributed by atoms with Gasteiger partial charge in [-0.05, 0) is 31.1 Å². The Hall–Kier alpha value is -2.55. The van der Waals surface area contributed by atoms with Crippen LogP contribution in [0, 0.1) is 11.3 Å². The Morgan fingerprint density at radius 3 is 2.50 bits per heavy atom. The summed E-state index contributed by atoms with van der Waals surface area (Å²) >= 11 is 0. The molecule has 1 aromatic carbocycles. The lowest BCUT2D eigenvalue weighted by Crippen LogP contribution is -2.27. The predicted molar refractivity (Wildman–Crippen MR) is 75.6 cm³/mol. The largest absolute Gasteiger partial charge is 0.418 e. The highest BCUT2D eigenvalue weighted by Crippen LogP contribution is 2.41. The van der Waals surface area contributed by atoms with Gasteiger partial charge in [0.25, 0.3) is 5.91 Å². The van der Waals surface area contributed by atoms with E-state index in [2.05, 4.69) is 0 Å². The Kier molecular flexibility index (Phi) is 4.09. The topological polar surface area (TPSA) is 44.1 Å². The minimum atomic E-state index is -4.59. The van der Waals surface area contributed by atoms with E-state index in [-0.39, 0.29) is 11.3 Å². The van der Waals surface area contributed by atoms with Gasteiger partial charge in [-0.25, -0.2) is 0 Å². The average Bonchev–Trinajstić information content (AvgIpc) is 2.69. The standard InChI is InChI=1S/C16H13F3N2O/c1-3-6-13-10(2)11(9-20)15(22)21(13)14-8-5-4-7-12(14)16(17,18)19/h4-8H,3H2,1-2H3/b13-6+. The van der Waals surface area contributed by atoms with Gasteiger partial charge in [-0.2, -0.15) is 18.4 Å². The normalized spacial score (nSPS) is 17.4. The van der Waals surface area contributed by atoms with E-state index >= 15 is 0 Å². The SMILES string of the molecule is CC/C=C1\C(C)=C(C#N)C(=O)N1c1ccccc1C(F)(F)F. The van der Waals surface area contributed by atoms with Crippen molar-refractivity contribution < 1.29 is 18.0 Å². The van der Waals surface area contributed by atoms with Crippen LogP contribution in [0.4, 0.5) is 18.9 Å². The molecule has 0 unspecified atom stereocenters. The lowest BCUT2D eigenvalue weighted by atomic mass is 10.1. The molecule has 1 aliphatic heterocycles. The number of para-hydroxylation sites is 1. The fraction of sp³-hybridized carbons (Fsp3) is 0.250. The summed E-state index contributed by atoms with van der Waals surface area (Å²) in [5.41, 5.74) is -0.564. The molecule has 0 saturated carbocycles. The van der Waals surface area contributed by atoms with E-state index in [4.69, 9.17) is 5.26 Å². The van der Waals surface area contributed by atoms with Gasteiger partial charge in [0.05, 0.1) is 11.3 Å². The predicted octanol–water partition coefficient (Wildman–Crippen LogP) is 4.19. The van der Waals surface area contributed by atoms with Gasteiger partial charge in [-0.1, -0.05) is 25.1 Å². The smallest absolute Gasteiger partial charge is 0.276 e. The van der Waals surface area contributed by atoms with Crippen LogP contribution in [0.2, 0.25) is 0 Å². The molecule has 0 N–H and O–H groups in total. The van der Waals surface area contributed by atoms with Crippen molar-refractivity contribution in [2.24, 2.45) is 0 Å². The van der Waals surface area contributed by atoms with E-state index in [1.54, 1.807) is 19.1 Å². The van der Waals surface area contributed by atoms with Crippen LogP contribution in [0.3, 0.4) is 0 Å². The van der Waals surface area contributed by atoms with Gasteiger partial charge in [0.2, 0.25) is 0 Å². The van der Waals surface area contributed by atoms with E-state index < -0.39 is 17.6 Å². The van der Waals surface area contributed by atoms with Crippen LogP contribution >= 0.6 is 0 Å². The van der Waals surface area contributed by atoms with E-state index in [0.29, 0.717) is 17.7 Å². The van der Waals surface area contributed by atoms with Gasteiger partial charge >= 0.3 is 6.18 Å². The van der Waals surface area contributed by atoms with Crippen LogP contribution in [-0.2, 0) is 11.0 Å². The molecule has 0 aromatic heterocycles. The van der Waals surface area contributed by atoms with E-state index in [9.17, 15) is 18.0 Å². The number of rotatable bonds is 2. The van der Waals surface area contributed by atoms with Gasteiger partial charge < -0.3 is 0 Å². The molecule has 0 bridgehead atoms. The van der Waals surface area contributed by atoms with Crippen LogP contribution in [-0.4, -0.2) is 5.91 Å². The van der Waals surface area contributed by atoms with Gasteiger partial charge in [-0.15, -0.1) is 0 Å². The van der Waals surface area contributed by atoms with Crippen LogP contribution in [0.5, 0.6) is 0 Å². The number of allylic oxidation sites excluding steroid dienone is 2. The van der Waals surface area contributed by atoms with Gasteiger partial charge in [0.1, 0.15) is 11.6 Å². The summed E-state index contributed by atoms with van der Waals surface area (Å²) in [6.45, 7) is 3.37. The van der Waals surface area contributed by atoms with E-state index in [0.717, 1.165) is 11.0 Å². The maximum absolute atomic E-state index is 13.2. The second-order valence-electron chi connectivity index (χ2n) is 4.76. The number of anilines is 1. The Bertz CT molecular complexity index is 724. The Balaban J connectivity index is 2.67. The molecular weight excluding hydrogens is 293 g/mol. The second kappa shape index (κ2) is 5.68. The molecule has 0 saturated heterocycles. The van der Waals surface area contributed by atoms with Crippen molar-refractivity contribution in [2.45, 2.75) is 26.4 Å². The Morgan fingerprint density at radius 2 is 1.95 bits per heavy atom. The minimum absolute atomic E-state index is 0.128. The summed E-state index contributed by atoms with van der Waals surface area (Å²) in [5, 5.41) is 9.08. The molecule has 1 heterocycles. The van der Waals surface area contributed by atoms with Crippen molar-refractivity contribution in [2.75, 3.05) is 4.90 Å². The number of alkyl halides is 3. The molecule has 1 aliphatic rings. The Labute approximate surface area is 126 Å². The molecule has 114 valence electrons. The van der Waals surface area contributed by atoms with Crippen LogP contribution in [0.25, 0.3) is 0 Å². The minimum Gasteiger partial charge on any atom is -0.276 e. The maximum Gasteiger partial charge on any atom is 0.418 e. The number of nitriles is 1.